The molecule has 1 heterocycles. The molecule has 0 saturated carbocycles. The fourth-order valence-electron chi connectivity index (χ4n) is 1.93. The van der Waals surface area contributed by atoms with Gasteiger partial charge in [0.05, 0.1) is 22.2 Å². The third-order valence-corrected chi connectivity index (χ3v) is 2.83. The highest BCUT2D eigenvalue weighted by Gasteiger charge is 2.20. The maximum Gasteiger partial charge on any atom is 0.299 e. The van der Waals surface area contributed by atoms with Gasteiger partial charge < -0.3 is 9.88 Å². The van der Waals surface area contributed by atoms with E-state index in [0.29, 0.717) is 6.54 Å². The number of hydrogen-bond acceptors (Lipinski definition) is 6. The number of nitro benzene ring substituents is 2. The van der Waals surface area contributed by atoms with E-state index in [1.807, 2.05) is 11.5 Å². The smallest absolute Gasteiger partial charge is 0.299 e. The number of hydrogen-bond donors (Lipinski definition) is 1. The molecule has 0 aliphatic carbocycles. The minimum absolute atomic E-state index is 0.112. The molecule has 21 heavy (non-hydrogen) atoms. The Bertz CT molecular complexity index is 656. The Labute approximate surface area is 119 Å². The number of nitrogens with zero attached hydrogens (tertiary/aromatic N) is 4. The molecule has 0 aliphatic rings. The van der Waals surface area contributed by atoms with E-state index in [-0.39, 0.29) is 23.1 Å². The van der Waals surface area contributed by atoms with E-state index in [0.717, 1.165) is 6.07 Å². The number of imidazole rings is 1. The lowest BCUT2D eigenvalue weighted by molar-refractivity contribution is -0.393. The molecular formula is C12H13N5O4. The molecule has 1 N–H and O–H groups in total. The molecule has 0 amide bonds. The predicted molar refractivity (Wildman–Crippen MR) is 75.1 cm³/mol. The maximum absolute atomic E-state index is 11.0. The summed E-state index contributed by atoms with van der Waals surface area (Å²) < 4.78 is 1.83. The van der Waals surface area contributed by atoms with Gasteiger partial charge in [0.2, 0.25) is 0 Å². The van der Waals surface area contributed by atoms with Gasteiger partial charge in [-0.15, -0.1) is 0 Å². The highest BCUT2D eigenvalue weighted by atomic mass is 16.6. The largest absolute Gasteiger partial charge is 0.375 e. The number of aromatic nitrogens is 2. The zero-order valence-corrected chi connectivity index (χ0v) is 11.2. The molecule has 9 nitrogen and oxygen atoms in total. The van der Waals surface area contributed by atoms with Crippen LogP contribution in [-0.4, -0.2) is 25.4 Å². The van der Waals surface area contributed by atoms with Crippen LogP contribution < -0.4 is 5.32 Å². The minimum Gasteiger partial charge on any atom is -0.375 e. The Kier molecular flexibility index (Phi) is 4.12. The van der Waals surface area contributed by atoms with Crippen molar-refractivity contribution < 1.29 is 9.85 Å². The molecule has 2 aromatic rings. The molecule has 9 heteroatoms. The molecule has 0 radical (unpaired) electrons. The monoisotopic (exact) mass is 291 g/mol. The van der Waals surface area contributed by atoms with E-state index >= 15 is 0 Å². The zero-order chi connectivity index (χ0) is 15.4. The zero-order valence-electron chi connectivity index (χ0n) is 11.2. The topological polar surface area (TPSA) is 116 Å². The first-order valence-corrected chi connectivity index (χ1v) is 6.12. The number of benzene rings is 1. The molecule has 0 bridgehead atoms. The van der Waals surface area contributed by atoms with Crippen molar-refractivity contribution in [3.8, 4) is 0 Å². The van der Waals surface area contributed by atoms with E-state index in [2.05, 4.69) is 10.3 Å². The first-order chi connectivity index (χ1) is 9.97. The fraction of sp³-hybridized carbons (Fsp3) is 0.250. The van der Waals surface area contributed by atoms with Crippen molar-refractivity contribution in [2.75, 3.05) is 5.32 Å². The molecule has 0 aliphatic heterocycles. The Morgan fingerprint density at radius 3 is 2.67 bits per heavy atom. The Hall–Kier alpha value is -2.97. The van der Waals surface area contributed by atoms with Crippen LogP contribution in [0.5, 0.6) is 0 Å². The van der Waals surface area contributed by atoms with Gasteiger partial charge in [0.1, 0.15) is 5.69 Å². The van der Waals surface area contributed by atoms with Crippen LogP contribution in [0.4, 0.5) is 17.1 Å². The number of rotatable bonds is 6. The predicted octanol–water partition coefficient (Wildman–Crippen LogP) is 2.20. The third-order valence-electron chi connectivity index (χ3n) is 2.83. The van der Waals surface area contributed by atoms with Crippen LogP contribution in [0.1, 0.15) is 6.92 Å². The summed E-state index contributed by atoms with van der Waals surface area (Å²) in [5.74, 6) is 0. The number of nitrogens with one attached hydrogen (secondary N) is 1. The highest BCUT2D eigenvalue weighted by Crippen LogP contribution is 2.29. The maximum atomic E-state index is 11.0. The molecule has 110 valence electrons. The summed E-state index contributed by atoms with van der Waals surface area (Å²) in [6.45, 7) is 2.42. The van der Waals surface area contributed by atoms with Crippen molar-refractivity contribution in [3.63, 3.8) is 0 Å². The fourth-order valence-corrected chi connectivity index (χ4v) is 1.93. The molecule has 1 aromatic heterocycles. The second-order valence-corrected chi connectivity index (χ2v) is 4.52. The molecule has 1 unspecified atom stereocenters. The van der Waals surface area contributed by atoms with Gasteiger partial charge in [-0.2, -0.15) is 0 Å². The summed E-state index contributed by atoms with van der Waals surface area (Å²) in [5.41, 5.74) is -0.380. The van der Waals surface area contributed by atoms with E-state index in [4.69, 9.17) is 0 Å². The molecule has 1 atom stereocenters. The van der Waals surface area contributed by atoms with Crippen molar-refractivity contribution in [3.05, 3.63) is 57.1 Å². The third kappa shape index (κ3) is 3.53. The van der Waals surface area contributed by atoms with Crippen molar-refractivity contribution in [2.24, 2.45) is 0 Å². The molecule has 0 saturated heterocycles. The highest BCUT2D eigenvalue weighted by molar-refractivity contribution is 5.65. The Morgan fingerprint density at radius 1 is 1.33 bits per heavy atom. The summed E-state index contributed by atoms with van der Waals surface area (Å²) in [7, 11) is 0. The SMILES string of the molecule is CC(Cn1ccnc1)Nc1ccc([N+](=O)[O-])cc1[N+](=O)[O-]. The molecule has 2 rings (SSSR count). The second-order valence-electron chi connectivity index (χ2n) is 4.52. The van der Waals surface area contributed by atoms with Gasteiger partial charge in [0, 0.05) is 31.0 Å². The van der Waals surface area contributed by atoms with Gasteiger partial charge in [-0.1, -0.05) is 0 Å². The molecular weight excluding hydrogens is 278 g/mol. The van der Waals surface area contributed by atoms with Crippen molar-refractivity contribution in [2.45, 2.75) is 19.5 Å². The van der Waals surface area contributed by atoms with Gasteiger partial charge in [-0.25, -0.2) is 4.98 Å². The lowest BCUT2D eigenvalue weighted by Gasteiger charge is -2.15. The summed E-state index contributed by atoms with van der Waals surface area (Å²) in [6.07, 6.45) is 5.06. The van der Waals surface area contributed by atoms with Crippen LogP contribution in [0.25, 0.3) is 0 Å². The Balaban J connectivity index is 2.18. The quantitative estimate of drug-likeness (QED) is 0.644. The second kappa shape index (κ2) is 5.99. The molecule has 0 spiro atoms. The normalized spacial score (nSPS) is 11.9. The van der Waals surface area contributed by atoms with Gasteiger partial charge in [-0.05, 0) is 13.0 Å². The summed E-state index contributed by atoms with van der Waals surface area (Å²) in [5, 5.41) is 24.7. The minimum atomic E-state index is -0.661. The average molecular weight is 291 g/mol. The van der Waals surface area contributed by atoms with Crippen molar-refractivity contribution >= 4 is 17.1 Å². The van der Waals surface area contributed by atoms with Crippen LogP contribution in [0.2, 0.25) is 0 Å². The Morgan fingerprint density at radius 2 is 2.10 bits per heavy atom. The number of non-ortho nitro benzene ring substituents is 1. The standard InChI is InChI=1S/C12H13N5O4/c1-9(7-15-5-4-13-8-15)14-11-3-2-10(16(18)19)6-12(11)17(20)21/h2-6,8-9,14H,7H2,1H3. The van der Waals surface area contributed by atoms with Crippen LogP contribution in [0.15, 0.2) is 36.9 Å². The van der Waals surface area contributed by atoms with Gasteiger partial charge in [0.15, 0.2) is 0 Å². The van der Waals surface area contributed by atoms with Crippen molar-refractivity contribution in [1.82, 2.24) is 9.55 Å². The van der Waals surface area contributed by atoms with Crippen LogP contribution >= 0.6 is 0 Å². The summed E-state index contributed by atoms with van der Waals surface area (Å²) in [6, 6.07) is 3.42. The van der Waals surface area contributed by atoms with Crippen LogP contribution in [-0.2, 0) is 6.54 Å². The van der Waals surface area contributed by atoms with Gasteiger partial charge in [-0.3, -0.25) is 20.2 Å². The van der Waals surface area contributed by atoms with Gasteiger partial charge in [0.25, 0.3) is 11.4 Å². The van der Waals surface area contributed by atoms with Crippen LogP contribution in [0, 0.1) is 20.2 Å². The van der Waals surface area contributed by atoms with E-state index in [9.17, 15) is 20.2 Å². The average Bonchev–Trinajstić information content (AvgIpc) is 2.91. The molecule has 1 aromatic carbocycles. The van der Waals surface area contributed by atoms with E-state index in [1.165, 1.54) is 12.1 Å². The number of anilines is 1. The summed E-state index contributed by atoms with van der Waals surface area (Å²) >= 11 is 0. The summed E-state index contributed by atoms with van der Waals surface area (Å²) in [4.78, 5) is 24.3. The number of nitro groups is 2. The van der Waals surface area contributed by atoms with Gasteiger partial charge >= 0.3 is 0 Å². The first-order valence-electron chi connectivity index (χ1n) is 6.12. The lowest BCUT2D eigenvalue weighted by atomic mass is 10.2. The lowest BCUT2D eigenvalue weighted by Crippen LogP contribution is -2.21. The van der Waals surface area contributed by atoms with Crippen LogP contribution in [0.3, 0.4) is 0 Å². The first kappa shape index (κ1) is 14.4. The van der Waals surface area contributed by atoms with E-state index in [1.54, 1.807) is 18.7 Å². The van der Waals surface area contributed by atoms with Crippen molar-refractivity contribution in [1.29, 1.82) is 0 Å². The van der Waals surface area contributed by atoms with E-state index < -0.39 is 9.85 Å². The molecule has 0 fully saturated rings.